The second-order valence-electron chi connectivity index (χ2n) is 7.09. The van der Waals surface area contributed by atoms with E-state index in [1.807, 2.05) is 4.90 Å². The van der Waals surface area contributed by atoms with Gasteiger partial charge in [0.15, 0.2) is 0 Å². The van der Waals surface area contributed by atoms with Crippen LogP contribution in [-0.2, 0) is 10.0 Å². The molecule has 0 N–H and O–H groups in total. The summed E-state index contributed by atoms with van der Waals surface area (Å²) in [6, 6.07) is 6.42. The van der Waals surface area contributed by atoms with Crippen molar-refractivity contribution in [3.8, 4) is 0 Å². The molecule has 0 spiro atoms. The molecule has 8 heteroatoms. The van der Waals surface area contributed by atoms with Crippen molar-refractivity contribution in [3.63, 3.8) is 0 Å². The number of sulfonamides is 1. The summed E-state index contributed by atoms with van der Waals surface area (Å²) in [6.07, 6.45) is 0. The Morgan fingerprint density at radius 3 is 1.78 bits per heavy atom. The number of benzene rings is 1. The Hall–Kier alpha value is -1.48. The van der Waals surface area contributed by atoms with E-state index in [1.54, 1.807) is 28.6 Å². The van der Waals surface area contributed by atoms with Gasteiger partial charge in [0.25, 0.3) is 5.91 Å². The SMILES string of the molecule is CCN1CCN(C(=O)c2ccc(S(=O)(=O)N3CCN(CC)CC3)cc2)CC1. The van der Waals surface area contributed by atoms with Gasteiger partial charge in [-0.1, -0.05) is 13.8 Å². The number of hydrogen-bond donors (Lipinski definition) is 0. The summed E-state index contributed by atoms with van der Waals surface area (Å²) in [4.78, 5) is 19.3. The average molecular weight is 395 g/mol. The molecule has 0 saturated carbocycles. The fourth-order valence-electron chi connectivity index (χ4n) is 3.65. The lowest BCUT2D eigenvalue weighted by Gasteiger charge is -2.34. The van der Waals surface area contributed by atoms with Crippen LogP contribution in [-0.4, -0.2) is 98.8 Å². The van der Waals surface area contributed by atoms with E-state index >= 15 is 0 Å². The van der Waals surface area contributed by atoms with E-state index in [-0.39, 0.29) is 10.8 Å². The third kappa shape index (κ3) is 4.51. The van der Waals surface area contributed by atoms with Gasteiger partial charge in [0, 0.05) is 57.9 Å². The minimum Gasteiger partial charge on any atom is -0.336 e. The molecule has 2 heterocycles. The number of amides is 1. The van der Waals surface area contributed by atoms with Gasteiger partial charge < -0.3 is 14.7 Å². The van der Waals surface area contributed by atoms with Gasteiger partial charge in [-0.2, -0.15) is 4.31 Å². The van der Waals surface area contributed by atoms with E-state index in [1.165, 1.54) is 0 Å². The summed E-state index contributed by atoms with van der Waals surface area (Å²) in [6.45, 7) is 11.9. The predicted octanol–water partition coefficient (Wildman–Crippen LogP) is 0.791. The molecule has 0 unspecified atom stereocenters. The molecular weight excluding hydrogens is 364 g/mol. The van der Waals surface area contributed by atoms with Crippen molar-refractivity contribution in [1.82, 2.24) is 19.0 Å². The molecule has 1 aromatic carbocycles. The van der Waals surface area contributed by atoms with E-state index in [2.05, 4.69) is 23.6 Å². The minimum atomic E-state index is -3.50. The first kappa shape index (κ1) is 20.3. The molecule has 0 radical (unpaired) electrons. The Kier molecular flexibility index (Phi) is 6.52. The Bertz CT molecular complexity index is 735. The summed E-state index contributed by atoms with van der Waals surface area (Å²) < 4.78 is 27.2. The number of likely N-dealkylation sites (N-methyl/N-ethyl adjacent to an activating group) is 2. The van der Waals surface area contributed by atoms with Gasteiger partial charge in [-0.3, -0.25) is 4.79 Å². The third-order valence-corrected chi connectivity index (χ3v) is 7.54. The molecule has 2 fully saturated rings. The average Bonchev–Trinajstić information content (AvgIpc) is 2.73. The normalized spacial score (nSPS) is 20.7. The summed E-state index contributed by atoms with van der Waals surface area (Å²) in [7, 11) is -3.50. The lowest BCUT2D eigenvalue weighted by molar-refractivity contribution is 0.0643. The van der Waals surface area contributed by atoms with Gasteiger partial charge in [0.2, 0.25) is 10.0 Å². The molecule has 2 aliphatic heterocycles. The first-order valence-electron chi connectivity index (χ1n) is 9.80. The van der Waals surface area contributed by atoms with Crippen LogP contribution in [0.1, 0.15) is 24.2 Å². The van der Waals surface area contributed by atoms with Gasteiger partial charge in [-0.05, 0) is 37.4 Å². The molecule has 0 aromatic heterocycles. The van der Waals surface area contributed by atoms with Crippen molar-refractivity contribution in [2.24, 2.45) is 0 Å². The summed E-state index contributed by atoms with van der Waals surface area (Å²) in [5, 5.41) is 0. The maximum absolute atomic E-state index is 12.8. The van der Waals surface area contributed by atoms with Crippen molar-refractivity contribution in [1.29, 1.82) is 0 Å². The highest BCUT2D eigenvalue weighted by Crippen LogP contribution is 2.19. The number of rotatable bonds is 5. The number of carbonyl (C=O) groups excluding carboxylic acids is 1. The van der Waals surface area contributed by atoms with Crippen LogP contribution < -0.4 is 0 Å². The van der Waals surface area contributed by atoms with E-state index in [0.29, 0.717) is 31.7 Å². The number of hydrogen-bond acceptors (Lipinski definition) is 5. The van der Waals surface area contributed by atoms with Crippen LogP contribution in [0, 0.1) is 0 Å². The zero-order chi connectivity index (χ0) is 19.4. The summed E-state index contributed by atoms with van der Waals surface area (Å²) in [5.74, 6) is -0.0220. The molecule has 1 aromatic rings. The number of carbonyl (C=O) groups is 1. The van der Waals surface area contributed by atoms with Crippen LogP contribution in [0.3, 0.4) is 0 Å². The zero-order valence-corrected chi connectivity index (χ0v) is 17.1. The standard InChI is InChI=1S/C19H30N4O3S/c1-3-20-9-13-22(14-10-20)19(24)17-5-7-18(8-6-17)27(25,26)23-15-11-21(4-2)12-16-23/h5-8H,3-4,9-16H2,1-2H3. The molecular formula is C19H30N4O3S. The van der Waals surface area contributed by atoms with Gasteiger partial charge in [0.05, 0.1) is 4.90 Å². The van der Waals surface area contributed by atoms with E-state index in [0.717, 1.165) is 39.3 Å². The molecule has 2 saturated heterocycles. The fraction of sp³-hybridized carbons (Fsp3) is 0.632. The molecule has 0 bridgehead atoms. The van der Waals surface area contributed by atoms with Gasteiger partial charge in [0.1, 0.15) is 0 Å². The van der Waals surface area contributed by atoms with Crippen molar-refractivity contribution < 1.29 is 13.2 Å². The van der Waals surface area contributed by atoms with Gasteiger partial charge in [-0.25, -0.2) is 8.42 Å². The molecule has 0 aliphatic carbocycles. The van der Waals surface area contributed by atoms with Crippen LogP contribution in [0.5, 0.6) is 0 Å². The van der Waals surface area contributed by atoms with Crippen LogP contribution in [0.4, 0.5) is 0 Å². The number of piperazine rings is 2. The molecule has 0 atom stereocenters. The van der Waals surface area contributed by atoms with Crippen LogP contribution in [0.15, 0.2) is 29.2 Å². The lowest BCUT2D eigenvalue weighted by Crippen LogP contribution is -2.48. The first-order valence-corrected chi connectivity index (χ1v) is 11.2. The Balaban J connectivity index is 1.65. The van der Waals surface area contributed by atoms with Crippen LogP contribution in [0.2, 0.25) is 0 Å². The topological polar surface area (TPSA) is 64.2 Å². The second kappa shape index (κ2) is 8.68. The maximum Gasteiger partial charge on any atom is 0.253 e. The molecule has 150 valence electrons. The Morgan fingerprint density at radius 1 is 0.815 bits per heavy atom. The molecule has 7 nitrogen and oxygen atoms in total. The van der Waals surface area contributed by atoms with Crippen molar-refractivity contribution in [2.45, 2.75) is 18.7 Å². The third-order valence-electron chi connectivity index (χ3n) is 5.62. The van der Waals surface area contributed by atoms with E-state index < -0.39 is 10.0 Å². The Labute approximate surface area is 162 Å². The zero-order valence-electron chi connectivity index (χ0n) is 16.3. The Morgan fingerprint density at radius 2 is 1.30 bits per heavy atom. The highest BCUT2D eigenvalue weighted by atomic mass is 32.2. The smallest absolute Gasteiger partial charge is 0.253 e. The van der Waals surface area contributed by atoms with Crippen molar-refractivity contribution in [2.75, 3.05) is 65.4 Å². The monoisotopic (exact) mass is 394 g/mol. The van der Waals surface area contributed by atoms with Crippen molar-refractivity contribution >= 4 is 15.9 Å². The molecule has 3 rings (SSSR count). The van der Waals surface area contributed by atoms with Gasteiger partial charge >= 0.3 is 0 Å². The quantitative estimate of drug-likeness (QED) is 0.739. The summed E-state index contributed by atoms with van der Waals surface area (Å²) in [5.41, 5.74) is 0.551. The second-order valence-corrected chi connectivity index (χ2v) is 9.03. The lowest BCUT2D eigenvalue weighted by atomic mass is 10.2. The summed E-state index contributed by atoms with van der Waals surface area (Å²) >= 11 is 0. The highest BCUT2D eigenvalue weighted by Gasteiger charge is 2.28. The van der Waals surface area contributed by atoms with Crippen molar-refractivity contribution in [3.05, 3.63) is 29.8 Å². The maximum atomic E-state index is 12.8. The highest BCUT2D eigenvalue weighted by molar-refractivity contribution is 7.89. The molecule has 1 amide bonds. The first-order chi connectivity index (χ1) is 13.0. The van der Waals surface area contributed by atoms with E-state index in [4.69, 9.17) is 0 Å². The minimum absolute atomic E-state index is 0.0220. The van der Waals surface area contributed by atoms with Gasteiger partial charge in [-0.15, -0.1) is 0 Å². The fourth-order valence-corrected chi connectivity index (χ4v) is 5.08. The number of nitrogens with zero attached hydrogens (tertiary/aromatic N) is 4. The predicted molar refractivity (Wildman–Crippen MR) is 105 cm³/mol. The van der Waals surface area contributed by atoms with E-state index in [9.17, 15) is 13.2 Å². The van der Waals surface area contributed by atoms with Crippen LogP contribution in [0.25, 0.3) is 0 Å². The van der Waals surface area contributed by atoms with Crippen LogP contribution >= 0.6 is 0 Å². The molecule has 27 heavy (non-hydrogen) atoms. The molecule has 2 aliphatic rings. The largest absolute Gasteiger partial charge is 0.336 e.